The Bertz CT molecular complexity index is 2150. The molecule has 8 rings (SSSR count). The summed E-state index contributed by atoms with van der Waals surface area (Å²) in [7, 11) is 0. The highest BCUT2D eigenvalue weighted by Gasteiger charge is 2.14. The van der Waals surface area contributed by atoms with Gasteiger partial charge in [-0.25, -0.2) is 4.98 Å². The first-order valence-electron chi connectivity index (χ1n) is 12.9. The highest BCUT2D eigenvalue weighted by atomic mass is 15.0. The minimum absolute atomic E-state index is 0.877. The average molecular weight is 486 g/mol. The van der Waals surface area contributed by atoms with Gasteiger partial charge in [0.05, 0.1) is 34.0 Å². The maximum Gasteiger partial charge on any atom is 0.0979 e. The van der Waals surface area contributed by atoms with Crippen molar-refractivity contribution in [3.8, 4) is 16.9 Å². The minimum Gasteiger partial charge on any atom is -0.309 e. The molecular formula is C35H23N3. The van der Waals surface area contributed by atoms with Crippen LogP contribution in [0.5, 0.6) is 0 Å². The standard InChI is InChI=1S/C35H23N3/c1-22-14-19-33-30(20-22)27-10-6-7-13-32(27)38(33)24-17-15-23(16-18-24)31-21-36-34-28-11-4-2-8-25(28)26-9-3-5-12-29(26)35(34)37-31/h2-21H,1H3. The van der Waals surface area contributed by atoms with E-state index in [4.69, 9.17) is 9.97 Å². The molecule has 8 aromatic rings. The van der Waals surface area contributed by atoms with Gasteiger partial charge in [-0.3, -0.25) is 4.98 Å². The Morgan fingerprint density at radius 1 is 0.526 bits per heavy atom. The number of fused-ring (bicyclic) bond motifs is 9. The van der Waals surface area contributed by atoms with Crippen LogP contribution in [0.1, 0.15) is 5.56 Å². The summed E-state index contributed by atoms with van der Waals surface area (Å²) >= 11 is 0. The highest BCUT2D eigenvalue weighted by Crippen LogP contribution is 2.35. The lowest BCUT2D eigenvalue weighted by atomic mass is 9.99. The maximum atomic E-state index is 5.16. The largest absolute Gasteiger partial charge is 0.309 e. The van der Waals surface area contributed by atoms with Crippen LogP contribution in [0.15, 0.2) is 121 Å². The van der Waals surface area contributed by atoms with Crippen molar-refractivity contribution >= 4 is 54.4 Å². The van der Waals surface area contributed by atoms with E-state index < -0.39 is 0 Å². The summed E-state index contributed by atoms with van der Waals surface area (Å²) in [4.78, 5) is 10.1. The van der Waals surface area contributed by atoms with Crippen LogP contribution in [0.2, 0.25) is 0 Å². The Kier molecular flexibility index (Phi) is 4.44. The summed E-state index contributed by atoms with van der Waals surface area (Å²) < 4.78 is 2.35. The first-order chi connectivity index (χ1) is 18.8. The van der Waals surface area contributed by atoms with Gasteiger partial charge in [-0.1, -0.05) is 90.5 Å². The molecule has 0 bridgehead atoms. The van der Waals surface area contributed by atoms with Gasteiger partial charge in [0.25, 0.3) is 0 Å². The normalized spacial score (nSPS) is 11.8. The Morgan fingerprint density at radius 3 is 1.87 bits per heavy atom. The molecular weight excluding hydrogens is 462 g/mol. The van der Waals surface area contributed by atoms with Crippen molar-refractivity contribution in [2.24, 2.45) is 0 Å². The lowest BCUT2D eigenvalue weighted by molar-refractivity contribution is 1.18. The van der Waals surface area contributed by atoms with Gasteiger partial charge in [0.1, 0.15) is 0 Å². The van der Waals surface area contributed by atoms with Crippen LogP contribution in [0, 0.1) is 6.92 Å². The molecule has 0 radical (unpaired) electrons. The summed E-state index contributed by atoms with van der Waals surface area (Å²) in [5.74, 6) is 0. The lowest BCUT2D eigenvalue weighted by Gasteiger charge is -2.11. The molecule has 2 heterocycles. The number of aryl methyl sites for hydroxylation is 1. The molecule has 6 aromatic carbocycles. The smallest absolute Gasteiger partial charge is 0.0979 e. The van der Waals surface area contributed by atoms with Gasteiger partial charge in [-0.05, 0) is 48.0 Å². The fraction of sp³-hybridized carbons (Fsp3) is 0.0286. The van der Waals surface area contributed by atoms with Crippen LogP contribution in [0.25, 0.3) is 71.3 Å². The zero-order valence-electron chi connectivity index (χ0n) is 20.9. The van der Waals surface area contributed by atoms with E-state index in [0.717, 1.165) is 38.8 Å². The fourth-order valence-electron chi connectivity index (χ4n) is 5.91. The molecule has 0 unspecified atom stereocenters. The highest BCUT2D eigenvalue weighted by molar-refractivity contribution is 6.23. The zero-order chi connectivity index (χ0) is 25.2. The van der Waals surface area contributed by atoms with E-state index in [2.05, 4.69) is 127 Å². The third-order valence-corrected chi connectivity index (χ3v) is 7.68. The van der Waals surface area contributed by atoms with Gasteiger partial charge < -0.3 is 4.57 Å². The monoisotopic (exact) mass is 485 g/mol. The number of hydrogen-bond acceptors (Lipinski definition) is 2. The molecule has 0 spiro atoms. The summed E-state index contributed by atoms with van der Waals surface area (Å²) in [5, 5.41) is 7.24. The number of rotatable bonds is 2. The van der Waals surface area contributed by atoms with Crippen LogP contribution in [0.3, 0.4) is 0 Å². The Morgan fingerprint density at radius 2 is 1.13 bits per heavy atom. The van der Waals surface area contributed by atoms with Crippen molar-refractivity contribution in [3.63, 3.8) is 0 Å². The quantitative estimate of drug-likeness (QED) is 0.229. The molecule has 0 atom stereocenters. The molecule has 0 fully saturated rings. The van der Waals surface area contributed by atoms with Crippen LogP contribution >= 0.6 is 0 Å². The third-order valence-electron chi connectivity index (χ3n) is 7.68. The van der Waals surface area contributed by atoms with E-state index in [1.807, 2.05) is 6.20 Å². The lowest BCUT2D eigenvalue weighted by Crippen LogP contribution is -1.95. The molecule has 0 aliphatic carbocycles. The molecule has 0 saturated carbocycles. The van der Waals surface area contributed by atoms with Crippen molar-refractivity contribution in [3.05, 3.63) is 127 Å². The Labute approximate surface area is 219 Å². The minimum atomic E-state index is 0.877. The van der Waals surface area contributed by atoms with Gasteiger partial charge >= 0.3 is 0 Å². The van der Waals surface area contributed by atoms with E-state index in [9.17, 15) is 0 Å². The van der Waals surface area contributed by atoms with Gasteiger partial charge in [0, 0.05) is 32.8 Å². The molecule has 0 amide bonds. The maximum absolute atomic E-state index is 5.16. The van der Waals surface area contributed by atoms with Crippen LogP contribution < -0.4 is 0 Å². The van der Waals surface area contributed by atoms with E-state index in [1.54, 1.807) is 0 Å². The second kappa shape index (κ2) is 7.99. The fourth-order valence-corrected chi connectivity index (χ4v) is 5.91. The van der Waals surface area contributed by atoms with Crippen molar-refractivity contribution in [2.45, 2.75) is 6.92 Å². The number of hydrogen-bond donors (Lipinski definition) is 0. The third kappa shape index (κ3) is 3.02. The number of para-hydroxylation sites is 1. The van der Waals surface area contributed by atoms with Crippen LogP contribution in [0.4, 0.5) is 0 Å². The van der Waals surface area contributed by atoms with Gasteiger partial charge in [-0.2, -0.15) is 0 Å². The van der Waals surface area contributed by atoms with Crippen molar-refractivity contribution in [2.75, 3.05) is 0 Å². The predicted octanol–water partition coefficient (Wildman–Crippen LogP) is 9.01. The molecule has 2 aromatic heterocycles. The van der Waals surface area contributed by atoms with E-state index in [-0.39, 0.29) is 0 Å². The second-order valence-electron chi connectivity index (χ2n) is 9.96. The van der Waals surface area contributed by atoms with Gasteiger partial charge in [-0.15, -0.1) is 0 Å². The topological polar surface area (TPSA) is 30.7 Å². The molecule has 0 aliphatic rings. The van der Waals surface area contributed by atoms with Crippen LogP contribution in [-0.4, -0.2) is 14.5 Å². The Hall–Kier alpha value is -5.02. The van der Waals surface area contributed by atoms with E-state index in [1.165, 1.54) is 38.1 Å². The van der Waals surface area contributed by atoms with Gasteiger partial charge in [0.2, 0.25) is 0 Å². The van der Waals surface area contributed by atoms with E-state index >= 15 is 0 Å². The molecule has 0 N–H and O–H groups in total. The predicted molar refractivity (Wildman–Crippen MR) is 159 cm³/mol. The van der Waals surface area contributed by atoms with Crippen molar-refractivity contribution in [1.82, 2.24) is 14.5 Å². The van der Waals surface area contributed by atoms with Gasteiger partial charge in [0.15, 0.2) is 0 Å². The summed E-state index contributed by atoms with van der Waals surface area (Å²) in [6.07, 6.45) is 1.90. The molecule has 3 heteroatoms. The second-order valence-corrected chi connectivity index (χ2v) is 9.96. The van der Waals surface area contributed by atoms with Crippen LogP contribution in [-0.2, 0) is 0 Å². The molecule has 178 valence electrons. The summed E-state index contributed by atoms with van der Waals surface area (Å²) in [6.45, 7) is 2.15. The SMILES string of the molecule is Cc1ccc2c(c1)c1ccccc1n2-c1ccc(-c2cnc3c4ccccc4c4ccccc4c3n2)cc1. The molecule has 38 heavy (non-hydrogen) atoms. The first kappa shape index (κ1) is 21.1. The number of aromatic nitrogens is 3. The van der Waals surface area contributed by atoms with E-state index in [0.29, 0.717) is 0 Å². The zero-order valence-corrected chi connectivity index (χ0v) is 20.9. The number of benzene rings is 6. The Balaban J connectivity index is 1.30. The molecule has 3 nitrogen and oxygen atoms in total. The summed E-state index contributed by atoms with van der Waals surface area (Å²) in [5.41, 5.74) is 8.65. The number of nitrogens with zero attached hydrogens (tertiary/aromatic N) is 3. The molecule has 0 aliphatic heterocycles. The summed E-state index contributed by atoms with van der Waals surface area (Å²) in [6, 6.07) is 41.0. The first-order valence-corrected chi connectivity index (χ1v) is 12.9. The van der Waals surface area contributed by atoms with Crippen molar-refractivity contribution in [1.29, 1.82) is 0 Å². The van der Waals surface area contributed by atoms with Crippen molar-refractivity contribution < 1.29 is 0 Å². The molecule has 0 saturated heterocycles. The average Bonchev–Trinajstić information content (AvgIpc) is 3.31.